The molecule has 1 heterocycles. The molecule has 0 aliphatic heterocycles. The van der Waals surface area contributed by atoms with Gasteiger partial charge in [-0.15, -0.1) is 0 Å². The number of nitrogens with zero attached hydrogens (tertiary/aromatic N) is 1. The molecule has 0 unspecified atom stereocenters. The molecule has 21 heavy (non-hydrogen) atoms. The Bertz CT molecular complexity index is 805. The van der Waals surface area contributed by atoms with E-state index >= 15 is 0 Å². The van der Waals surface area contributed by atoms with Crippen LogP contribution in [0.3, 0.4) is 0 Å². The first-order valence-corrected chi connectivity index (χ1v) is 7.98. The van der Waals surface area contributed by atoms with E-state index in [0.717, 1.165) is 31.1 Å². The maximum absolute atomic E-state index is 10.1. The summed E-state index contributed by atoms with van der Waals surface area (Å²) >= 11 is 6.85. The molecule has 0 saturated carbocycles. The lowest BCUT2D eigenvalue weighted by Gasteiger charge is -2.12. The van der Waals surface area contributed by atoms with Crippen LogP contribution in [0.4, 0.5) is 5.82 Å². The zero-order valence-corrected chi connectivity index (χ0v) is 14.1. The van der Waals surface area contributed by atoms with Crippen molar-refractivity contribution in [2.45, 2.75) is 6.54 Å². The average Bonchev–Trinajstić information content (AvgIpc) is 2.48. The van der Waals surface area contributed by atoms with Crippen LogP contribution in [-0.4, -0.2) is 10.1 Å². The Labute approximate surface area is 139 Å². The first-order valence-electron chi connectivity index (χ1n) is 6.39. The Morgan fingerprint density at radius 2 is 1.90 bits per heavy atom. The van der Waals surface area contributed by atoms with Gasteiger partial charge in [-0.25, -0.2) is 4.98 Å². The zero-order chi connectivity index (χ0) is 14.8. The minimum Gasteiger partial charge on any atom is -0.508 e. The van der Waals surface area contributed by atoms with E-state index in [9.17, 15) is 5.11 Å². The fraction of sp³-hybridized carbons (Fsp3) is 0.0625. The Kier molecular flexibility index (Phi) is 4.12. The Morgan fingerprint density at radius 3 is 2.71 bits per heavy atom. The van der Waals surface area contributed by atoms with Crippen molar-refractivity contribution < 1.29 is 5.11 Å². The molecule has 0 spiro atoms. The molecule has 0 radical (unpaired) electrons. The number of fused-ring (bicyclic) bond motifs is 1. The summed E-state index contributed by atoms with van der Waals surface area (Å²) in [4.78, 5) is 4.32. The highest BCUT2D eigenvalue weighted by Crippen LogP contribution is 2.29. The van der Waals surface area contributed by atoms with Gasteiger partial charge >= 0.3 is 0 Å². The first-order chi connectivity index (χ1) is 10.1. The molecule has 106 valence electrons. The van der Waals surface area contributed by atoms with Gasteiger partial charge in [0, 0.05) is 22.8 Å². The number of halogens is 2. The quantitative estimate of drug-likeness (QED) is 0.636. The summed E-state index contributed by atoms with van der Waals surface area (Å²) in [5, 5.41) is 15.5. The third-order valence-corrected chi connectivity index (χ3v) is 4.29. The van der Waals surface area contributed by atoms with Crippen LogP contribution in [0.25, 0.3) is 10.8 Å². The third-order valence-electron chi connectivity index (χ3n) is 3.26. The standard InChI is InChI=1S/C16H12Br2N2O/c17-11-7-14(18)16(19-8-11)20-9-13-12-4-2-1-3-10(12)5-6-15(13)21/h1-8,21H,9H2,(H,19,20). The summed E-state index contributed by atoms with van der Waals surface area (Å²) in [5.41, 5.74) is 0.865. The summed E-state index contributed by atoms with van der Waals surface area (Å²) in [6.45, 7) is 0.500. The van der Waals surface area contributed by atoms with E-state index in [2.05, 4.69) is 42.2 Å². The summed E-state index contributed by atoms with van der Waals surface area (Å²) in [5.74, 6) is 1.03. The van der Waals surface area contributed by atoms with E-state index in [1.54, 1.807) is 12.3 Å². The molecule has 0 aliphatic carbocycles. The van der Waals surface area contributed by atoms with Crippen LogP contribution in [0.15, 0.2) is 57.6 Å². The number of pyridine rings is 1. The highest BCUT2D eigenvalue weighted by atomic mass is 79.9. The lowest BCUT2D eigenvalue weighted by molar-refractivity contribution is 0.470. The summed E-state index contributed by atoms with van der Waals surface area (Å²) in [7, 11) is 0. The van der Waals surface area contributed by atoms with Gasteiger partial charge in [0.15, 0.2) is 0 Å². The molecule has 0 bridgehead atoms. The normalized spacial score (nSPS) is 10.8. The molecule has 0 fully saturated rings. The monoisotopic (exact) mass is 406 g/mol. The molecule has 3 aromatic rings. The van der Waals surface area contributed by atoms with Crippen LogP contribution < -0.4 is 5.32 Å². The molecular formula is C16H12Br2N2O. The van der Waals surface area contributed by atoms with Crippen molar-refractivity contribution in [2.24, 2.45) is 0 Å². The Morgan fingerprint density at radius 1 is 1.10 bits per heavy atom. The van der Waals surface area contributed by atoms with Gasteiger partial charge in [-0.05, 0) is 54.8 Å². The van der Waals surface area contributed by atoms with Crippen molar-refractivity contribution in [2.75, 3.05) is 5.32 Å². The molecule has 0 saturated heterocycles. The van der Waals surface area contributed by atoms with E-state index < -0.39 is 0 Å². The number of aromatic hydroxyl groups is 1. The molecule has 0 amide bonds. The first kappa shape index (κ1) is 14.4. The lowest BCUT2D eigenvalue weighted by atomic mass is 10.0. The van der Waals surface area contributed by atoms with Crippen molar-refractivity contribution >= 4 is 48.5 Å². The Balaban J connectivity index is 1.93. The number of phenolic OH excluding ortho intramolecular Hbond substituents is 1. The molecule has 2 aromatic carbocycles. The summed E-state index contributed by atoms with van der Waals surface area (Å²) in [6, 6.07) is 13.6. The number of rotatable bonds is 3. The van der Waals surface area contributed by atoms with E-state index in [-0.39, 0.29) is 5.75 Å². The fourth-order valence-electron chi connectivity index (χ4n) is 2.23. The van der Waals surface area contributed by atoms with Gasteiger partial charge < -0.3 is 10.4 Å². The number of nitrogens with one attached hydrogen (secondary N) is 1. The number of phenols is 1. The van der Waals surface area contributed by atoms with E-state index in [4.69, 9.17) is 0 Å². The van der Waals surface area contributed by atoms with E-state index in [1.807, 2.05) is 36.4 Å². The minimum atomic E-state index is 0.287. The van der Waals surface area contributed by atoms with Crippen LogP contribution in [-0.2, 0) is 6.54 Å². The SMILES string of the molecule is Oc1ccc2ccccc2c1CNc1ncc(Br)cc1Br. The van der Waals surface area contributed by atoms with E-state index in [1.165, 1.54) is 0 Å². The Hall–Kier alpha value is -1.59. The van der Waals surface area contributed by atoms with Gasteiger partial charge in [-0.3, -0.25) is 0 Å². The highest BCUT2D eigenvalue weighted by Gasteiger charge is 2.08. The molecule has 1 aromatic heterocycles. The minimum absolute atomic E-state index is 0.287. The van der Waals surface area contributed by atoms with Crippen molar-refractivity contribution in [3.8, 4) is 5.75 Å². The third kappa shape index (κ3) is 3.04. The maximum Gasteiger partial charge on any atom is 0.140 e. The van der Waals surface area contributed by atoms with Crippen LogP contribution in [0.1, 0.15) is 5.56 Å². The lowest BCUT2D eigenvalue weighted by Crippen LogP contribution is -2.03. The van der Waals surface area contributed by atoms with Gasteiger partial charge in [0.25, 0.3) is 0 Å². The summed E-state index contributed by atoms with van der Waals surface area (Å²) < 4.78 is 1.78. The number of benzene rings is 2. The predicted molar refractivity (Wildman–Crippen MR) is 92.6 cm³/mol. The predicted octanol–water partition coefficient (Wildman–Crippen LogP) is 5.08. The van der Waals surface area contributed by atoms with Gasteiger partial charge in [-0.2, -0.15) is 0 Å². The topological polar surface area (TPSA) is 45.1 Å². The second-order valence-electron chi connectivity index (χ2n) is 4.62. The van der Waals surface area contributed by atoms with Gasteiger partial charge in [0.2, 0.25) is 0 Å². The fourth-order valence-corrected chi connectivity index (χ4v) is 3.35. The molecule has 3 rings (SSSR count). The highest BCUT2D eigenvalue weighted by molar-refractivity contribution is 9.11. The van der Waals surface area contributed by atoms with Crippen molar-refractivity contribution in [1.29, 1.82) is 0 Å². The number of anilines is 1. The maximum atomic E-state index is 10.1. The smallest absolute Gasteiger partial charge is 0.140 e. The van der Waals surface area contributed by atoms with E-state index in [0.29, 0.717) is 6.54 Å². The van der Waals surface area contributed by atoms with Crippen molar-refractivity contribution in [3.05, 3.63) is 63.2 Å². The summed E-state index contributed by atoms with van der Waals surface area (Å²) in [6.07, 6.45) is 1.73. The van der Waals surface area contributed by atoms with Gasteiger partial charge in [0.05, 0.1) is 4.47 Å². The number of hydrogen-bond donors (Lipinski definition) is 2. The molecule has 0 aliphatic rings. The molecule has 2 N–H and O–H groups in total. The average molecular weight is 408 g/mol. The number of aromatic nitrogens is 1. The molecule has 5 heteroatoms. The van der Waals surface area contributed by atoms with Crippen molar-refractivity contribution in [1.82, 2.24) is 4.98 Å². The van der Waals surface area contributed by atoms with Crippen LogP contribution in [0.5, 0.6) is 5.75 Å². The number of hydrogen-bond acceptors (Lipinski definition) is 3. The van der Waals surface area contributed by atoms with Crippen LogP contribution >= 0.6 is 31.9 Å². The second kappa shape index (κ2) is 6.03. The molecular weight excluding hydrogens is 396 g/mol. The van der Waals surface area contributed by atoms with Crippen LogP contribution in [0, 0.1) is 0 Å². The van der Waals surface area contributed by atoms with Gasteiger partial charge in [-0.1, -0.05) is 30.3 Å². The largest absolute Gasteiger partial charge is 0.508 e. The molecule has 3 nitrogen and oxygen atoms in total. The second-order valence-corrected chi connectivity index (χ2v) is 6.39. The zero-order valence-electron chi connectivity index (χ0n) is 11.0. The van der Waals surface area contributed by atoms with Crippen LogP contribution in [0.2, 0.25) is 0 Å². The van der Waals surface area contributed by atoms with Crippen molar-refractivity contribution in [3.63, 3.8) is 0 Å². The molecule has 0 atom stereocenters. The van der Waals surface area contributed by atoms with Gasteiger partial charge in [0.1, 0.15) is 11.6 Å².